The first-order valence-corrected chi connectivity index (χ1v) is 11.0. The zero-order valence-electron chi connectivity index (χ0n) is 18.0. The summed E-state index contributed by atoms with van der Waals surface area (Å²) in [4.78, 5) is 0. The zero-order chi connectivity index (χ0) is 21.5. The lowest BCUT2D eigenvalue weighted by molar-refractivity contribution is 1.18. The molecule has 0 saturated carbocycles. The summed E-state index contributed by atoms with van der Waals surface area (Å²) in [5, 5.41) is 2.58. The second-order valence-corrected chi connectivity index (χ2v) is 8.34. The van der Waals surface area contributed by atoms with Gasteiger partial charge in [-0.25, -0.2) is 0 Å². The van der Waals surface area contributed by atoms with Crippen molar-refractivity contribution in [2.75, 3.05) is 0 Å². The normalized spacial score (nSPS) is 11.3. The van der Waals surface area contributed by atoms with Crippen molar-refractivity contribution in [1.29, 1.82) is 0 Å². The van der Waals surface area contributed by atoms with Gasteiger partial charge in [0, 0.05) is 16.3 Å². The fraction of sp³-hybridized carbons (Fsp3) is 0.0323. The molecular formula is C31H23N. The van der Waals surface area contributed by atoms with Gasteiger partial charge < -0.3 is 4.57 Å². The lowest BCUT2D eigenvalue weighted by Gasteiger charge is -2.16. The van der Waals surface area contributed by atoms with Crippen LogP contribution in [0.1, 0.15) is 5.56 Å². The van der Waals surface area contributed by atoms with Gasteiger partial charge in [0.2, 0.25) is 0 Å². The van der Waals surface area contributed by atoms with Gasteiger partial charge in [-0.3, -0.25) is 0 Å². The maximum atomic E-state index is 2.43. The number of aryl methyl sites for hydroxylation is 1. The Morgan fingerprint density at radius 2 is 1.12 bits per heavy atom. The molecule has 32 heavy (non-hydrogen) atoms. The minimum atomic E-state index is 1.20. The molecule has 0 radical (unpaired) electrons. The highest BCUT2D eigenvalue weighted by Crippen LogP contribution is 2.38. The summed E-state index contributed by atoms with van der Waals surface area (Å²) in [6.45, 7) is 2.16. The van der Waals surface area contributed by atoms with E-state index in [1.54, 1.807) is 0 Å². The average Bonchev–Trinajstić information content (AvgIpc) is 3.18. The Balaban J connectivity index is 1.73. The number of benzene rings is 5. The van der Waals surface area contributed by atoms with E-state index in [1.807, 2.05) is 0 Å². The Kier molecular flexibility index (Phi) is 4.40. The van der Waals surface area contributed by atoms with Gasteiger partial charge >= 0.3 is 0 Å². The van der Waals surface area contributed by atoms with E-state index in [4.69, 9.17) is 0 Å². The van der Waals surface area contributed by atoms with Gasteiger partial charge in [-0.2, -0.15) is 0 Å². The van der Waals surface area contributed by atoms with Gasteiger partial charge in [0.1, 0.15) is 0 Å². The first-order valence-electron chi connectivity index (χ1n) is 11.0. The van der Waals surface area contributed by atoms with E-state index in [-0.39, 0.29) is 0 Å². The van der Waals surface area contributed by atoms with Crippen molar-refractivity contribution in [3.05, 3.63) is 127 Å². The summed E-state index contributed by atoms with van der Waals surface area (Å²) < 4.78 is 2.43. The largest absolute Gasteiger partial charge is 0.309 e. The summed E-state index contributed by atoms with van der Waals surface area (Å²) in [5.74, 6) is 0. The van der Waals surface area contributed by atoms with E-state index in [0.29, 0.717) is 0 Å². The molecule has 5 aromatic carbocycles. The van der Waals surface area contributed by atoms with E-state index in [1.165, 1.54) is 55.3 Å². The molecule has 1 heteroatoms. The molecule has 6 aromatic rings. The molecule has 0 saturated heterocycles. The standard InChI is InChI=1S/C31H23N/c1-22-16-19-30-28(20-22)27-14-8-9-15-29(27)32(30)31-21-25(23-10-4-2-5-11-23)17-18-26(31)24-12-6-3-7-13-24/h2-21H,1H3. The number of para-hydroxylation sites is 1. The highest BCUT2D eigenvalue weighted by Gasteiger charge is 2.16. The van der Waals surface area contributed by atoms with Crippen LogP contribution in [0.4, 0.5) is 0 Å². The van der Waals surface area contributed by atoms with Crippen LogP contribution in [0.2, 0.25) is 0 Å². The lowest BCUT2D eigenvalue weighted by Crippen LogP contribution is -1.98. The number of rotatable bonds is 3. The second-order valence-electron chi connectivity index (χ2n) is 8.34. The summed E-state index contributed by atoms with van der Waals surface area (Å²) in [6.07, 6.45) is 0. The monoisotopic (exact) mass is 409 g/mol. The fourth-order valence-corrected chi connectivity index (χ4v) is 4.73. The number of hydrogen-bond acceptors (Lipinski definition) is 0. The van der Waals surface area contributed by atoms with Crippen molar-refractivity contribution in [3.8, 4) is 27.9 Å². The SMILES string of the molecule is Cc1ccc2c(c1)c1ccccc1n2-c1cc(-c2ccccc2)ccc1-c1ccccc1. The van der Waals surface area contributed by atoms with Crippen LogP contribution in [0.3, 0.4) is 0 Å². The van der Waals surface area contributed by atoms with Crippen LogP contribution in [0.5, 0.6) is 0 Å². The van der Waals surface area contributed by atoms with Gasteiger partial charge in [-0.05, 0) is 47.9 Å². The summed E-state index contributed by atoms with van der Waals surface area (Å²) in [6, 6.07) is 43.6. The number of nitrogens with zero attached hydrogens (tertiary/aromatic N) is 1. The highest BCUT2D eigenvalue weighted by molar-refractivity contribution is 6.10. The van der Waals surface area contributed by atoms with E-state index < -0.39 is 0 Å². The molecule has 0 N–H and O–H groups in total. The Morgan fingerprint density at radius 3 is 1.91 bits per heavy atom. The van der Waals surface area contributed by atoms with Crippen molar-refractivity contribution in [2.24, 2.45) is 0 Å². The minimum Gasteiger partial charge on any atom is -0.309 e. The van der Waals surface area contributed by atoms with Crippen LogP contribution in [0.25, 0.3) is 49.7 Å². The summed E-state index contributed by atoms with van der Waals surface area (Å²) in [5.41, 5.74) is 9.85. The third kappa shape index (κ3) is 3.02. The molecule has 6 rings (SSSR count). The zero-order valence-corrected chi connectivity index (χ0v) is 18.0. The van der Waals surface area contributed by atoms with E-state index >= 15 is 0 Å². The highest BCUT2D eigenvalue weighted by atomic mass is 15.0. The third-order valence-electron chi connectivity index (χ3n) is 6.26. The van der Waals surface area contributed by atoms with Crippen LogP contribution in [0, 0.1) is 6.92 Å². The first-order chi connectivity index (χ1) is 15.8. The van der Waals surface area contributed by atoms with Gasteiger partial charge in [0.25, 0.3) is 0 Å². The average molecular weight is 410 g/mol. The fourth-order valence-electron chi connectivity index (χ4n) is 4.73. The quantitative estimate of drug-likeness (QED) is 0.276. The van der Waals surface area contributed by atoms with Crippen molar-refractivity contribution >= 4 is 21.8 Å². The topological polar surface area (TPSA) is 4.93 Å². The molecule has 0 aliphatic carbocycles. The van der Waals surface area contributed by atoms with Gasteiger partial charge in [-0.1, -0.05) is 103 Å². The Morgan fingerprint density at radius 1 is 0.469 bits per heavy atom. The molecular weight excluding hydrogens is 386 g/mol. The predicted molar refractivity (Wildman–Crippen MR) is 136 cm³/mol. The molecule has 0 aliphatic heterocycles. The molecule has 152 valence electrons. The van der Waals surface area contributed by atoms with Crippen LogP contribution in [-0.4, -0.2) is 4.57 Å². The Bertz CT molecular complexity index is 1560. The van der Waals surface area contributed by atoms with E-state index in [0.717, 1.165) is 0 Å². The first kappa shape index (κ1) is 18.7. The van der Waals surface area contributed by atoms with Crippen molar-refractivity contribution in [2.45, 2.75) is 6.92 Å². The Labute approximate surface area is 188 Å². The molecule has 0 atom stereocenters. The predicted octanol–water partition coefficient (Wildman–Crippen LogP) is 8.43. The second kappa shape index (κ2) is 7.55. The number of aromatic nitrogens is 1. The molecule has 0 amide bonds. The molecule has 0 aliphatic rings. The lowest BCUT2D eigenvalue weighted by atomic mass is 9.98. The molecule has 0 bridgehead atoms. The molecule has 1 aromatic heterocycles. The van der Waals surface area contributed by atoms with Crippen molar-refractivity contribution in [1.82, 2.24) is 4.57 Å². The minimum absolute atomic E-state index is 1.20. The van der Waals surface area contributed by atoms with Gasteiger partial charge in [-0.15, -0.1) is 0 Å². The molecule has 1 heterocycles. The van der Waals surface area contributed by atoms with Gasteiger partial charge in [0.15, 0.2) is 0 Å². The van der Waals surface area contributed by atoms with Crippen LogP contribution in [-0.2, 0) is 0 Å². The summed E-state index contributed by atoms with van der Waals surface area (Å²) >= 11 is 0. The molecule has 0 spiro atoms. The van der Waals surface area contributed by atoms with Crippen molar-refractivity contribution in [3.63, 3.8) is 0 Å². The van der Waals surface area contributed by atoms with Crippen LogP contribution < -0.4 is 0 Å². The maximum Gasteiger partial charge on any atom is 0.0546 e. The van der Waals surface area contributed by atoms with Crippen LogP contribution in [0.15, 0.2) is 121 Å². The number of fused-ring (bicyclic) bond motifs is 3. The maximum absolute atomic E-state index is 2.43. The molecule has 0 fully saturated rings. The molecule has 1 nitrogen and oxygen atoms in total. The number of hydrogen-bond donors (Lipinski definition) is 0. The smallest absolute Gasteiger partial charge is 0.0546 e. The van der Waals surface area contributed by atoms with Crippen molar-refractivity contribution < 1.29 is 0 Å². The van der Waals surface area contributed by atoms with Gasteiger partial charge in [0.05, 0.1) is 16.7 Å². The van der Waals surface area contributed by atoms with E-state index in [2.05, 4.69) is 133 Å². The molecule has 0 unspecified atom stereocenters. The van der Waals surface area contributed by atoms with E-state index in [9.17, 15) is 0 Å². The Hall–Kier alpha value is -4.10. The van der Waals surface area contributed by atoms with Crippen LogP contribution >= 0.6 is 0 Å². The summed E-state index contributed by atoms with van der Waals surface area (Å²) in [7, 11) is 0. The third-order valence-corrected chi connectivity index (χ3v) is 6.26.